The summed E-state index contributed by atoms with van der Waals surface area (Å²) >= 11 is 7.67. The lowest BCUT2D eigenvalue weighted by Crippen LogP contribution is -2.16. The Kier molecular flexibility index (Phi) is 3.62. The van der Waals surface area contributed by atoms with E-state index < -0.39 is 0 Å². The quantitative estimate of drug-likeness (QED) is 0.910. The van der Waals surface area contributed by atoms with Gasteiger partial charge in [-0.3, -0.25) is 4.57 Å². The van der Waals surface area contributed by atoms with Gasteiger partial charge in [0.1, 0.15) is 0 Å². The van der Waals surface area contributed by atoms with Gasteiger partial charge in [0.25, 0.3) is 0 Å². The lowest BCUT2D eigenvalue weighted by atomic mass is 10.1. The number of nitrogens with zero attached hydrogens (tertiary/aromatic N) is 2. The van der Waals surface area contributed by atoms with Crippen molar-refractivity contribution in [2.45, 2.75) is 41.9 Å². The Bertz CT molecular complexity index is 690. The highest BCUT2D eigenvalue weighted by Crippen LogP contribution is 2.39. The highest BCUT2D eigenvalue weighted by atomic mass is 35.5. The van der Waals surface area contributed by atoms with Gasteiger partial charge in [0.05, 0.1) is 5.02 Å². The Balaban J connectivity index is 1.90. The molecule has 0 unspecified atom stereocenters. The fraction of sp³-hybridized carbons (Fsp3) is 0.385. The zero-order valence-electron chi connectivity index (χ0n) is 11.0. The third-order valence-electron chi connectivity index (χ3n) is 3.27. The molecule has 3 rings (SSSR count). The molecule has 0 radical (unpaired) electrons. The monoisotopic (exact) mass is 310 g/mol. The van der Waals surface area contributed by atoms with Crippen LogP contribution in [0.5, 0.6) is 0 Å². The van der Waals surface area contributed by atoms with E-state index in [1.807, 2.05) is 25.1 Å². The molecule has 1 atom stereocenters. The first-order valence-electron chi connectivity index (χ1n) is 6.46. The first-order valence-corrected chi connectivity index (χ1v) is 7.65. The highest BCUT2D eigenvalue weighted by Gasteiger charge is 2.28. The first-order chi connectivity index (χ1) is 9.56. The number of H-pyrrole nitrogens is 1. The smallest absolute Gasteiger partial charge is 0.324 e. The molecule has 0 bridgehead atoms. The lowest BCUT2D eigenvalue weighted by molar-refractivity contribution is 0.642. The molecule has 1 aliphatic rings. The molecule has 0 saturated heterocycles. The standard InChI is InChI=1S/C13H15ClN4OS/c1-7(15)8-2-5-11(10(14)6-8)20-13-17-16-12(19)18(13)9-3-4-9/h2,5-7,9H,3-4,15H2,1H3,(H,16,19)/t7-/m0/s1. The van der Waals surface area contributed by atoms with Crippen LogP contribution in [0, 0.1) is 0 Å². The maximum Gasteiger partial charge on any atom is 0.344 e. The van der Waals surface area contributed by atoms with Crippen molar-refractivity contribution in [1.82, 2.24) is 14.8 Å². The number of benzene rings is 1. The Morgan fingerprint density at radius 1 is 1.55 bits per heavy atom. The number of hydrogen-bond acceptors (Lipinski definition) is 4. The van der Waals surface area contributed by atoms with Gasteiger partial charge in [0.15, 0.2) is 5.16 Å². The van der Waals surface area contributed by atoms with E-state index in [1.54, 1.807) is 4.57 Å². The summed E-state index contributed by atoms with van der Waals surface area (Å²) in [5, 5.41) is 7.86. The third-order valence-corrected chi connectivity index (χ3v) is 4.74. The average molecular weight is 311 g/mol. The van der Waals surface area contributed by atoms with Crippen LogP contribution in [0.25, 0.3) is 0 Å². The van der Waals surface area contributed by atoms with Crippen LogP contribution in [0.4, 0.5) is 0 Å². The van der Waals surface area contributed by atoms with Gasteiger partial charge in [-0.25, -0.2) is 9.89 Å². The van der Waals surface area contributed by atoms with E-state index in [0.29, 0.717) is 10.2 Å². The molecule has 5 nitrogen and oxygen atoms in total. The summed E-state index contributed by atoms with van der Waals surface area (Å²) in [6, 6.07) is 5.96. The van der Waals surface area contributed by atoms with Crippen LogP contribution in [-0.4, -0.2) is 14.8 Å². The van der Waals surface area contributed by atoms with Gasteiger partial charge in [0, 0.05) is 17.0 Å². The van der Waals surface area contributed by atoms with Crippen LogP contribution in [0.1, 0.15) is 37.4 Å². The maximum atomic E-state index is 11.7. The molecule has 1 aliphatic carbocycles. The van der Waals surface area contributed by atoms with Crippen molar-refractivity contribution in [3.05, 3.63) is 39.3 Å². The van der Waals surface area contributed by atoms with Crippen molar-refractivity contribution in [3.63, 3.8) is 0 Å². The molecule has 7 heteroatoms. The summed E-state index contributed by atoms with van der Waals surface area (Å²) in [5.41, 5.74) is 6.67. The second-order valence-corrected chi connectivity index (χ2v) is 6.41. The van der Waals surface area contributed by atoms with E-state index in [9.17, 15) is 4.79 Å². The van der Waals surface area contributed by atoms with Gasteiger partial charge in [-0.15, -0.1) is 5.10 Å². The summed E-state index contributed by atoms with van der Waals surface area (Å²) in [6.45, 7) is 1.91. The summed E-state index contributed by atoms with van der Waals surface area (Å²) in [6.07, 6.45) is 2.06. The number of nitrogens with two attached hydrogens (primary N) is 1. The van der Waals surface area contributed by atoms with Crippen LogP contribution in [0.15, 0.2) is 33.0 Å². The number of rotatable bonds is 4. The largest absolute Gasteiger partial charge is 0.344 e. The van der Waals surface area contributed by atoms with Crippen molar-refractivity contribution in [2.75, 3.05) is 0 Å². The molecule has 2 aromatic rings. The Morgan fingerprint density at radius 3 is 2.90 bits per heavy atom. The van der Waals surface area contributed by atoms with E-state index in [-0.39, 0.29) is 17.8 Å². The normalized spacial score (nSPS) is 16.4. The molecule has 1 saturated carbocycles. The zero-order chi connectivity index (χ0) is 14.3. The molecule has 0 spiro atoms. The van der Waals surface area contributed by atoms with Gasteiger partial charge >= 0.3 is 5.69 Å². The van der Waals surface area contributed by atoms with Crippen molar-refractivity contribution >= 4 is 23.4 Å². The van der Waals surface area contributed by atoms with Gasteiger partial charge < -0.3 is 5.73 Å². The minimum Gasteiger partial charge on any atom is -0.324 e. The van der Waals surface area contributed by atoms with Crippen LogP contribution in [-0.2, 0) is 0 Å². The molecule has 1 heterocycles. The van der Waals surface area contributed by atoms with Crippen molar-refractivity contribution in [2.24, 2.45) is 5.73 Å². The van der Waals surface area contributed by atoms with Gasteiger partial charge in [-0.1, -0.05) is 17.7 Å². The van der Waals surface area contributed by atoms with E-state index in [4.69, 9.17) is 17.3 Å². The molecule has 1 aromatic carbocycles. The van der Waals surface area contributed by atoms with Crippen LogP contribution in [0.3, 0.4) is 0 Å². The van der Waals surface area contributed by atoms with E-state index >= 15 is 0 Å². The minimum absolute atomic E-state index is 0.0541. The summed E-state index contributed by atoms with van der Waals surface area (Å²) in [5.74, 6) is 0. The number of hydrogen-bond donors (Lipinski definition) is 2. The van der Waals surface area contributed by atoms with Gasteiger partial charge in [0.2, 0.25) is 0 Å². The molecule has 1 fully saturated rings. The second-order valence-electron chi connectivity index (χ2n) is 4.99. The average Bonchev–Trinajstić information content (AvgIpc) is 3.17. The zero-order valence-corrected chi connectivity index (χ0v) is 12.5. The molecular formula is C13H15ClN4OS. The predicted octanol–water partition coefficient (Wildman–Crippen LogP) is 2.73. The highest BCUT2D eigenvalue weighted by molar-refractivity contribution is 7.99. The first kappa shape index (κ1) is 13.7. The number of aromatic amines is 1. The molecule has 0 aliphatic heterocycles. The van der Waals surface area contributed by atoms with Crippen molar-refractivity contribution in [1.29, 1.82) is 0 Å². The Hall–Kier alpha value is -1.24. The van der Waals surface area contributed by atoms with Gasteiger partial charge in [-0.2, -0.15) is 0 Å². The lowest BCUT2D eigenvalue weighted by Gasteiger charge is -2.09. The van der Waals surface area contributed by atoms with E-state index in [0.717, 1.165) is 23.3 Å². The molecule has 106 valence electrons. The second kappa shape index (κ2) is 5.27. The topological polar surface area (TPSA) is 76.7 Å². The fourth-order valence-electron chi connectivity index (χ4n) is 2.00. The van der Waals surface area contributed by atoms with Gasteiger partial charge in [-0.05, 0) is 49.2 Å². The molecular weight excluding hydrogens is 296 g/mol. The van der Waals surface area contributed by atoms with E-state index in [1.165, 1.54) is 11.8 Å². The molecule has 1 aromatic heterocycles. The SMILES string of the molecule is C[C@H](N)c1ccc(Sc2n[nH]c(=O)n2C2CC2)c(Cl)c1. The van der Waals surface area contributed by atoms with Crippen molar-refractivity contribution in [3.8, 4) is 0 Å². The number of halogens is 1. The summed E-state index contributed by atoms with van der Waals surface area (Å²) in [4.78, 5) is 12.6. The molecule has 3 N–H and O–H groups in total. The molecule has 0 amide bonds. The van der Waals surface area contributed by atoms with E-state index in [2.05, 4.69) is 10.2 Å². The predicted molar refractivity (Wildman–Crippen MR) is 79.3 cm³/mol. The van der Waals surface area contributed by atoms with Crippen molar-refractivity contribution < 1.29 is 0 Å². The fourth-order valence-corrected chi connectivity index (χ4v) is 3.21. The third kappa shape index (κ3) is 2.63. The minimum atomic E-state index is -0.154. The summed E-state index contributed by atoms with van der Waals surface area (Å²) in [7, 11) is 0. The van der Waals surface area contributed by atoms with Crippen LogP contribution < -0.4 is 11.4 Å². The summed E-state index contributed by atoms with van der Waals surface area (Å²) < 4.78 is 1.71. The number of aromatic nitrogens is 3. The number of nitrogens with one attached hydrogen (secondary N) is 1. The van der Waals surface area contributed by atoms with Crippen LogP contribution >= 0.6 is 23.4 Å². The Morgan fingerprint density at radius 2 is 2.30 bits per heavy atom. The van der Waals surface area contributed by atoms with Crippen LogP contribution in [0.2, 0.25) is 5.02 Å². The maximum absolute atomic E-state index is 11.7. The molecule has 20 heavy (non-hydrogen) atoms. The Labute approximate surface area is 125 Å².